The number of hydrogen-bond acceptors (Lipinski definition) is 3. The van der Waals surface area contributed by atoms with Gasteiger partial charge in [0.2, 0.25) is 0 Å². The summed E-state index contributed by atoms with van der Waals surface area (Å²) in [4.78, 5) is 14.6. The van der Waals surface area contributed by atoms with Crippen LogP contribution in [0.4, 0.5) is 4.79 Å². The Hall–Kier alpha value is -1.23. The molecule has 0 radical (unpaired) electrons. The zero-order chi connectivity index (χ0) is 20.7. The highest BCUT2D eigenvalue weighted by atomic mass is 35.5. The van der Waals surface area contributed by atoms with Crippen molar-refractivity contribution in [2.24, 2.45) is 5.41 Å². The van der Waals surface area contributed by atoms with Crippen molar-refractivity contribution in [3.05, 3.63) is 46.5 Å². The van der Waals surface area contributed by atoms with Crippen molar-refractivity contribution in [1.82, 2.24) is 4.90 Å². The molecule has 6 heteroatoms. The van der Waals surface area contributed by atoms with Crippen LogP contribution in [0, 0.1) is 5.41 Å². The summed E-state index contributed by atoms with van der Waals surface area (Å²) in [6.07, 6.45) is 4.07. The second-order valence-electron chi connectivity index (χ2n) is 8.94. The molecule has 1 aromatic carbocycles. The monoisotopic (exact) mass is 425 g/mol. The van der Waals surface area contributed by atoms with Gasteiger partial charge in [0.25, 0.3) is 0 Å². The maximum atomic E-state index is 12.7. The molecule has 1 amide bonds. The minimum absolute atomic E-state index is 0.0373. The molecule has 28 heavy (non-hydrogen) atoms. The molecule has 0 bridgehead atoms. The summed E-state index contributed by atoms with van der Waals surface area (Å²) >= 11 is 12.5. The number of methoxy groups -OCH3 is 1. The third kappa shape index (κ3) is 3.67. The smallest absolute Gasteiger partial charge is 0.410 e. The van der Waals surface area contributed by atoms with Crippen molar-refractivity contribution in [2.75, 3.05) is 20.2 Å². The lowest BCUT2D eigenvalue weighted by Crippen LogP contribution is -2.50. The van der Waals surface area contributed by atoms with Crippen molar-refractivity contribution >= 4 is 29.3 Å². The van der Waals surface area contributed by atoms with Crippen molar-refractivity contribution < 1.29 is 14.3 Å². The Morgan fingerprint density at radius 2 is 2.07 bits per heavy atom. The SMILES string of the molecule is C=CCC(OC)C12CN(C(=O)OC(C)(C)C)CCC1(c1ccc(Cl)c(Cl)c1)C2. The summed E-state index contributed by atoms with van der Waals surface area (Å²) in [5, 5.41) is 1.11. The molecule has 0 spiro atoms. The Balaban J connectivity index is 1.94. The van der Waals surface area contributed by atoms with E-state index in [-0.39, 0.29) is 23.0 Å². The molecule has 3 rings (SSSR count). The Kier molecular flexibility index (Phi) is 5.79. The topological polar surface area (TPSA) is 38.8 Å². The second-order valence-corrected chi connectivity index (χ2v) is 9.76. The van der Waals surface area contributed by atoms with E-state index in [1.165, 1.54) is 0 Å². The van der Waals surface area contributed by atoms with E-state index in [0.717, 1.165) is 24.8 Å². The van der Waals surface area contributed by atoms with E-state index in [1.54, 1.807) is 7.11 Å². The van der Waals surface area contributed by atoms with Gasteiger partial charge in [-0.1, -0.05) is 35.3 Å². The summed E-state index contributed by atoms with van der Waals surface area (Å²) in [6.45, 7) is 10.8. The number of nitrogens with zero attached hydrogens (tertiary/aromatic N) is 1. The van der Waals surface area contributed by atoms with E-state index < -0.39 is 5.60 Å². The van der Waals surface area contributed by atoms with Gasteiger partial charge in [0, 0.05) is 31.0 Å². The number of likely N-dealkylation sites (tertiary alicyclic amines) is 1. The number of piperidine rings is 1. The molecule has 1 aliphatic carbocycles. The zero-order valence-electron chi connectivity index (χ0n) is 17.1. The van der Waals surface area contributed by atoms with Gasteiger partial charge in [-0.15, -0.1) is 6.58 Å². The van der Waals surface area contributed by atoms with Crippen LogP contribution in [0.15, 0.2) is 30.9 Å². The number of ether oxygens (including phenoxy) is 2. The summed E-state index contributed by atoms with van der Waals surface area (Å²) in [6, 6.07) is 5.88. The molecule has 0 N–H and O–H groups in total. The molecule has 1 heterocycles. The van der Waals surface area contributed by atoms with E-state index >= 15 is 0 Å². The van der Waals surface area contributed by atoms with Gasteiger partial charge >= 0.3 is 6.09 Å². The van der Waals surface area contributed by atoms with Crippen molar-refractivity contribution in [3.8, 4) is 0 Å². The first-order valence-corrected chi connectivity index (χ1v) is 10.4. The van der Waals surface area contributed by atoms with Crippen LogP contribution >= 0.6 is 23.2 Å². The molecule has 4 nitrogen and oxygen atoms in total. The molecule has 1 aromatic rings. The first-order valence-electron chi connectivity index (χ1n) is 9.66. The number of fused-ring (bicyclic) bond motifs is 1. The molecular weight excluding hydrogens is 397 g/mol. The summed E-state index contributed by atoms with van der Waals surface area (Å²) in [7, 11) is 1.73. The van der Waals surface area contributed by atoms with Gasteiger partial charge in [0.15, 0.2) is 0 Å². The summed E-state index contributed by atoms with van der Waals surface area (Å²) in [5.41, 5.74) is 0.372. The molecule has 1 saturated carbocycles. The number of carbonyl (C=O) groups excluding carboxylic acids is 1. The second kappa shape index (κ2) is 7.55. The predicted molar refractivity (Wildman–Crippen MR) is 113 cm³/mol. The largest absolute Gasteiger partial charge is 0.444 e. The van der Waals surface area contributed by atoms with Crippen LogP contribution in [-0.4, -0.2) is 42.9 Å². The van der Waals surface area contributed by atoms with E-state index in [1.807, 2.05) is 43.9 Å². The molecule has 1 aliphatic heterocycles. The van der Waals surface area contributed by atoms with Gasteiger partial charge < -0.3 is 14.4 Å². The van der Waals surface area contributed by atoms with Gasteiger partial charge in [0.1, 0.15) is 5.60 Å². The van der Waals surface area contributed by atoms with E-state index in [9.17, 15) is 4.79 Å². The van der Waals surface area contributed by atoms with Crippen molar-refractivity contribution in [1.29, 1.82) is 0 Å². The van der Waals surface area contributed by atoms with Crippen LogP contribution in [0.1, 0.15) is 45.6 Å². The Bertz CT molecular complexity index is 776. The molecule has 2 aliphatic rings. The van der Waals surface area contributed by atoms with E-state index in [4.69, 9.17) is 32.7 Å². The summed E-state index contributed by atoms with van der Waals surface area (Å²) < 4.78 is 11.5. The average molecular weight is 426 g/mol. The number of amides is 1. The van der Waals surface area contributed by atoms with Gasteiger partial charge in [0.05, 0.1) is 16.1 Å². The van der Waals surface area contributed by atoms with Gasteiger partial charge in [-0.2, -0.15) is 0 Å². The highest BCUT2D eigenvalue weighted by Crippen LogP contribution is 2.71. The van der Waals surface area contributed by atoms with Crippen LogP contribution in [0.2, 0.25) is 10.0 Å². The number of hydrogen-bond donors (Lipinski definition) is 0. The highest BCUT2D eigenvalue weighted by Gasteiger charge is 2.73. The average Bonchev–Trinajstić information content (AvgIpc) is 3.31. The van der Waals surface area contributed by atoms with Crippen LogP contribution in [0.25, 0.3) is 0 Å². The number of benzene rings is 1. The summed E-state index contributed by atoms with van der Waals surface area (Å²) in [5.74, 6) is 0. The molecule has 3 unspecified atom stereocenters. The predicted octanol–water partition coefficient (Wildman–Crippen LogP) is 5.85. The third-order valence-corrected chi connectivity index (χ3v) is 6.87. The lowest BCUT2D eigenvalue weighted by atomic mass is 9.76. The third-order valence-electron chi connectivity index (χ3n) is 6.13. The molecule has 0 aromatic heterocycles. The number of halogens is 2. The minimum atomic E-state index is -0.520. The van der Waals surface area contributed by atoms with Crippen LogP contribution in [-0.2, 0) is 14.9 Å². The molecule has 2 fully saturated rings. The standard InChI is InChI=1S/C22H29Cl2NO3/c1-6-7-18(27-5)22-13-21(22,15-8-9-16(23)17(24)12-15)10-11-25(14-22)19(26)28-20(2,3)4/h6,8-9,12,18H,1,7,10-11,13-14H2,2-5H3. The lowest BCUT2D eigenvalue weighted by Gasteiger charge is -2.41. The maximum Gasteiger partial charge on any atom is 0.410 e. The van der Waals surface area contributed by atoms with Crippen molar-refractivity contribution in [2.45, 2.75) is 57.2 Å². The fourth-order valence-corrected chi connectivity index (χ4v) is 5.12. The van der Waals surface area contributed by atoms with E-state index in [0.29, 0.717) is 23.1 Å². The number of rotatable bonds is 5. The lowest BCUT2D eigenvalue weighted by molar-refractivity contribution is -0.0200. The first kappa shape index (κ1) is 21.5. The maximum absolute atomic E-state index is 12.7. The molecular formula is C22H29Cl2NO3. The molecule has 154 valence electrons. The van der Waals surface area contributed by atoms with Gasteiger partial charge in [-0.25, -0.2) is 4.79 Å². The zero-order valence-corrected chi connectivity index (χ0v) is 18.6. The normalized spacial score (nSPS) is 27.7. The van der Waals surface area contributed by atoms with Gasteiger partial charge in [-0.05, 0) is 57.7 Å². The minimum Gasteiger partial charge on any atom is -0.444 e. The van der Waals surface area contributed by atoms with E-state index in [2.05, 4.69) is 12.6 Å². The molecule has 3 atom stereocenters. The first-order chi connectivity index (χ1) is 13.1. The van der Waals surface area contributed by atoms with Gasteiger partial charge in [-0.3, -0.25) is 0 Å². The Morgan fingerprint density at radius 1 is 1.36 bits per heavy atom. The Morgan fingerprint density at radius 3 is 2.64 bits per heavy atom. The molecule has 1 saturated heterocycles. The van der Waals surface area contributed by atoms with Crippen molar-refractivity contribution in [3.63, 3.8) is 0 Å². The number of carbonyl (C=O) groups is 1. The fraction of sp³-hybridized carbons (Fsp3) is 0.591. The van der Waals surface area contributed by atoms with Crippen LogP contribution in [0.5, 0.6) is 0 Å². The highest BCUT2D eigenvalue weighted by molar-refractivity contribution is 6.42. The Labute approximate surface area is 177 Å². The fourth-order valence-electron chi connectivity index (χ4n) is 4.82. The van der Waals surface area contributed by atoms with Crippen LogP contribution < -0.4 is 0 Å². The van der Waals surface area contributed by atoms with Crippen LogP contribution in [0.3, 0.4) is 0 Å². The quantitative estimate of drug-likeness (QED) is 0.554.